The summed E-state index contributed by atoms with van der Waals surface area (Å²) in [5, 5.41) is 3.54. The summed E-state index contributed by atoms with van der Waals surface area (Å²) in [4.78, 5) is 4.32. The van der Waals surface area contributed by atoms with Gasteiger partial charge in [-0.1, -0.05) is 6.92 Å². The molecule has 1 fully saturated rings. The van der Waals surface area contributed by atoms with E-state index in [0.717, 1.165) is 12.5 Å². The monoisotopic (exact) mass is 235 g/mol. The van der Waals surface area contributed by atoms with Crippen LogP contribution in [0.25, 0.3) is 0 Å². The first-order chi connectivity index (χ1) is 7.96. The Balaban J connectivity index is 2.02. The van der Waals surface area contributed by atoms with Crippen molar-refractivity contribution < 1.29 is 0 Å². The molecule has 1 aliphatic carbocycles. The normalized spacial score (nSPS) is 25.4. The Labute approximate surface area is 105 Å². The summed E-state index contributed by atoms with van der Waals surface area (Å²) in [5.41, 5.74) is 1.48. The van der Waals surface area contributed by atoms with Crippen molar-refractivity contribution in [3.8, 4) is 0 Å². The van der Waals surface area contributed by atoms with E-state index in [1.54, 1.807) is 0 Å². The molecule has 2 unspecified atom stereocenters. The molecule has 0 radical (unpaired) electrons. The average Bonchev–Trinajstić information content (AvgIpc) is 2.81. The fourth-order valence-corrected chi connectivity index (χ4v) is 2.58. The zero-order valence-corrected chi connectivity index (χ0v) is 11.5. The fourth-order valence-electron chi connectivity index (χ4n) is 2.58. The molecule has 0 saturated heterocycles. The van der Waals surface area contributed by atoms with Gasteiger partial charge in [-0.05, 0) is 46.0 Å². The van der Waals surface area contributed by atoms with Crippen molar-refractivity contribution >= 4 is 0 Å². The molecule has 1 heterocycles. The van der Waals surface area contributed by atoms with Gasteiger partial charge < -0.3 is 9.88 Å². The summed E-state index contributed by atoms with van der Waals surface area (Å²) in [6.45, 7) is 9.86. The molecular formula is C14H25N3. The van der Waals surface area contributed by atoms with E-state index in [4.69, 9.17) is 0 Å². The van der Waals surface area contributed by atoms with Gasteiger partial charge in [-0.25, -0.2) is 4.98 Å². The van der Waals surface area contributed by atoms with Crippen molar-refractivity contribution in [3.63, 3.8) is 0 Å². The first-order valence-corrected chi connectivity index (χ1v) is 6.71. The van der Waals surface area contributed by atoms with Crippen LogP contribution >= 0.6 is 0 Å². The highest BCUT2D eigenvalue weighted by atomic mass is 15.1. The van der Waals surface area contributed by atoms with Crippen LogP contribution in [-0.2, 0) is 6.54 Å². The smallest absolute Gasteiger partial charge is 0.0951 e. The number of nitrogens with one attached hydrogen (secondary N) is 1. The lowest BCUT2D eigenvalue weighted by atomic mass is 10.1. The largest absolute Gasteiger partial charge is 0.330 e. The van der Waals surface area contributed by atoms with Crippen LogP contribution in [-0.4, -0.2) is 15.1 Å². The number of aromatic nitrogens is 2. The first-order valence-electron chi connectivity index (χ1n) is 6.71. The maximum absolute atomic E-state index is 4.32. The average molecular weight is 235 g/mol. The number of hydrogen-bond donors (Lipinski definition) is 1. The molecule has 17 heavy (non-hydrogen) atoms. The van der Waals surface area contributed by atoms with Gasteiger partial charge in [-0.2, -0.15) is 0 Å². The summed E-state index contributed by atoms with van der Waals surface area (Å²) < 4.78 is 2.38. The Bertz CT molecular complexity index is 362. The maximum atomic E-state index is 4.32. The van der Waals surface area contributed by atoms with Crippen molar-refractivity contribution in [1.82, 2.24) is 14.9 Å². The van der Waals surface area contributed by atoms with Crippen molar-refractivity contribution in [2.75, 3.05) is 0 Å². The molecule has 3 heteroatoms. The Morgan fingerprint density at radius 2 is 2.18 bits per heavy atom. The Morgan fingerprint density at radius 3 is 2.76 bits per heavy atom. The summed E-state index contributed by atoms with van der Waals surface area (Å²) in [6, 6.07) is 0.671. The van der Waals surface area contributed by atoms with Crippen LogP contribution in [0.1, 0.15) is 58.7 Å². The van der Waals surface area contributed by atoms with Crippen LogP contribution in [0, 0.1) is 5.92 Å². The van der Waals surface area contributed by atoms with Crippen molar-refractivity contribution in [2.24, 2.45) is 5.92 Å². The Morgan fingerprint density at radius 1 is 1.41 bits per heavy atom. The Kier molecular flexibility index (Phi) is 3.57. The molecular weight excluding hydrogens is 210 g/mol. The molecule has 0 spiro atoms. The van der Waals surface area contributed by atoms with Crippen LogP contribution in [0.2, 0.25) is 0 Å². The zero-order valence-electron chi connectivity index (χ0n) is 11.5. The molecule has 0 amide bonds. The maximum Gasteiger partial charge on any atom is 0.0951 e. The van der Waals surface area contributed by atoms with Gasteiger partial charge in [0, 0.05) is 24.3 Å². The van der Waals surface area contributed by atoms with Crippen molar-refractivity contribution in [3.05, 3.63) is 18.2 Å². The minimum absolute atomic E-state index is 0.165. The lowest BCUT2D eigenvalue weighted by Crippen LogP contribution is -2.35. The predicted molar refractivity (Wildman–Crippen MR) is 70.9 cm³/mol. The van der Waals surface area contributed by atoms with Crippen LogP contribution in [0.4, 0.5) is 0 Å². The topological polar surface area (TPSA) is 29.9 Å². The Hall–Kier alpha value is -0.830. The summed E-state index contributed by atoms with van der Waals surface area (Å²) >= 11 is 0. The second-order valence-corrected chi connectivity index (χ2v) is 6.47. The second kappa shape index (κ2) is 4.81. The third kappa shape index (κ3) is 3.32. The van der Waals surface area contributed by atoms with E-state index in [1.165, 1.54) is 25.0 Å². The van der Waals surface area contributed by atoms with E-state index in [0.29, 0.717) is 6.04 Å². The van der Waals surface area contributed by atoms with E-state index in [2.05, 4.69) is 42.6 Å². The van der Waals surface area contributed by atoms with Crippen LogP contribution in [0.3, 0.4) is 0 Å². The highest BCUT2D eigenvalue weighted by Crippen LogP contribution is 2.34. The van der Waals surface area contributed by atoms with Gasteiger partial charge in [0.05, 0.1) is 12.0 Å². The minimum atomic E-state index is 0.165. The molecule has 1 aliphatic rings. The highest BCUT2D eigenvalue weighted by Gasteiger charge is 2.24. The molecule has 1 saturated carbocycles. The molecule has 1 N–H and O–H groups in total. The number of rotatable bonds is 3. The van der Waals surface area contributed by atoms with E-state index >= 15 is 0 Å². The van der Waals surface area contributed by atoms with Crippen LogP contribution in [0.5, 0.6) is 0 Å². The van der Waals surface area contributed by atoms with Gasteiger partial charge >= 0.3 is 0 Å². The standard InChI is InChI=1S/C14H25N3/c1-11-5-6-12(7-11)17-10-15-8-13(17)9-16-14(2,3)4/h8,10-12,16H,5-7,9H2,1-4H3. The van der Waals surface area contributed by atoms with E-state index < -0.39 is 0 Å². The number of imidazole rings is 1. The molecule has 0 aliphatic heterocycles. The number of nitrogens with zero attached hydrogens (tertiary/aromatic N) is 2. The van der Waals surface area contributed by atoms with Gasteiger partial charge in [0.2, 0.25) is 0 Å². The highest BCUT2D eigenvalue weighted by molar-refractivity contribution is 5.02. The molecule has 96 valence electrons. The SMILES string of the molecule is CC1CCC(n2cncc2CNC(C)(C)C)C1. The second-order valence-electron chi connectivity index (χ2n) is 6.47. The number of hydrogen-bond acceptors (Lipinski definition) is 2. The summed E-state index contributed by atoms with van der Waals surface area (Å²) in [7, 11) is 0. The van der Waals surface area contributed by atoms with Crippen LogP contribution in [0.15, 0.2) is 12.5 Å². The van der Waals surface area contributed by atoms with Crippen LogP contribution < -0.4 is 5.32 Å². The zero-order chi connectivity index (χ0) is 12.5. The van der Waals surface area contributed by atoms with Gasteiger partial charge in [0.25, 0.3) is 0 Å². The lowest BCUT2D eigenvalue weighted by Gasteiger charge is -2.22. The lowest BCUT2D eigenvalue weighted by molar-refractivity contribution is 0.403. The third-order valence-corrected chi connectivity index (χ3v) is 3.61. The molecule has 2 rings (SSSR count). The van der Waals surface area contributed by atoms with Gasteiger partial charge in [-0.3, -0.25) is 0 Å². The van der Waals surface area contributed by atoms with E-state index in [9.17, 15) is 0 Å². The summed E-state index contributed by atoms with van der Waals surface area (Å²) in [5.74, 6) is 0.867. The molecule has 0 bridgehead atoms. The van der Waals surface area contributed by atoms with Crippen molar-refractivity contribution in [2.45, 2.75) is 65.1 Å². The predicted octanol–water partition coefficient (Wildman–Crippen LogP) is 3.13. The van der Waals surface area contributed by atoms with Gasteiger partial charge in [0.15, 0.2) is 0 Å². The fraction of sp³-hybridized carbons (Fsp3) is 0.786. The van der Waals surface area contributed by atoms with E-state index in [-0.39, 0.29) is 5.54 Å². The minimum Gasteiger partial charge on any atom is -0.330 e. The quantitative estimate of drug-likeness (QED) is 0.872. The third-order valence-electron chi connectivity index (χ3n) is 3.61. The van der Waals surface area contributed by atoms with Gasteiger partial charge in [0.1, 0.15) is 0 Å². The molecule has 3 nitrogen and oxygen atoms in total. The van der Waals surface area contributed by atoms with Gasteiger partial charge in [-0.15, -0.1) is 0 Å². The molecule has 0 aromatic carbocycles. The molecule has 1 aromatic heterocycles. The molecule has 2 atom stereocenters. The van der Waals surface area contributed by atoms with Crippen molar-refractivity contribution in [1.29, 1.82) is 0 Å². The molecule has 1 aromatic rings. The van der Waals surface area contributed by atoms with E-state index in [1.807, 2.05) is 12.5 Å². The first kappa shape index (κ1) is 12.6. The summed E-state index contributed by atoms with van der Waals surface area (Å²) in [6.07, 6.45) is 7.97.